The van der Waals surface area contributed by atoms with Crippen LogP contribution < -0.4 is 5.32 Å². The van der Waals surface area contributed by atoms with Crippen molar-refractivity contribution in [3.63, 3.8) is 0 Å². The number of fused-ring (bicyclic) bond motifs is 1. The van der Waals surface area contributed by atoms with Gasteiger partial charge in [-0.3, -0.25) is 4.90 Å². The Morgan fingerprint density at radius 2 is 2.40 bits per heavy atom. The fourth-order valence-corrected chi connectivity index (χ4v) is 3.84. The predicted molar refractivity (Wildman–Crippen MR) is 65.4 cm³/mol. The highest BCUT2D eigenvalue weighted by Crippen LogP contribution is 2.25. The van der Waals surface area contributed by atoms with E-state index in [0.29, 0.717) is 12.1 Å². The molecule has 2 aliphatic rings. The second kappa shape index (κ2) is 5.53. The van der Waals surface area contributed by atoms with E-state index in [2.05, 4.69) is 28.9 Å². The minimum Gasteiger partial charge on any atom is -0.395 e. The van der Waals surface area contributed by atoms with Crippen LogP contribution in [0.2, 0.25) is 0 Å². The molecule has 2 fully saturated rings. The van der Waals surface area contributed by atoms with Gasteiger partial charge in [-0.05, 0) is 26.3 Å². The van der Waals surface area contributed by atoms with Gasteiger partial charge in [0.2, 0.25) is 0 Å². The van der Waals surface area contributed by atoms with Crippen LogP contribution in [0.15, 0.2) is 0 Å². The maximum Gasteiger partial charge on any atom is 0.0582 e. The molecule has 88 valence electrons. The first kappa shape index (κ1) is 11.7. The van der Waals surface area contributed by atoms with Gasteiger partial charge in [-0.15, -0.1) is 0 Å². The highest BCUT2D eigenvalue weighted by atomic mass is 32.2. The highest BCUT2D eigenvalue weighted by molar-refractivity contribution is 7.99. The van der Waals surface area contributed by atoms with Crippen LogP contribution in [-0.4, -0.2) is 59.3 Å². The van der Waals surface area contributed by atoms with Gasteiger partial charge < -0.3 is 10.4 Å². The van der Waals surface area contributed by atoms with Crippen molar-refractivity contribution in [2.24, 2.45) is 0 Å². The van der Waals surface area contributed by atoms with Crippen molar-refractivity contribution in [2.45, 2.75) is 37.9 Å². The zero-order valence-corrected chi connectivity index (χ0v) is 10.3. The lowest BCUT2D eigenvalue weighted by atomic mass is 9.96. The van der Waals surface area contributed by atoms with Crippen molar-refractivity contribution >= 4 is 11.8 Å². The van der Waals surface area contributed by atoms with Gasteiger partial charge in [-0.2, -0.15) is 11.8 Å². The third-order valence-corrected chi connectivity index (χ3v) is 4.53. The summed E-state index contributed by atoms with van der Waals surface area (Å²) in [7, 11) is 0. The topological polar surface area (TPSA) is 35.5 Å². The number of aliphatic hydroxyl groups excluding tert-OH is 1. The summed E-state index contributed by atoms with van der Waals surface area (Å²) < 4.78 is 0. The van der Waals surface area contributed by atoms with Crippen LogP contribution in [0.5, 0.6) is 0 Å². The molecule has 3 nitrogen and oxygen atoms in total. The first-order valence-electron chi connectivity index (χ1n) is 6.00. The van der Waals surface area contributed by atoms with Crippen molar-refractivity contribution in [3.8, 4) is 0 Å². The van der Waals surface area contributed by atoms with Crippen molar-refractivity contribution in [1.82, 2.24) is 10.2 Å². The lowest BCUT2D eigenvalue weighted by molar-refractivity contribution is 0.116. The monoisotopic (exact) mass is 230 g/mol. The van der Waals surface area contributed by atoms with E-state index in [-0.39, 0.29) is 12.6 Å². The fraction of sp³-hybridized carbons (Fsp3) is 1.00. The van der Waals surface area contributed by atoms with E-state index in [1.54, 1.807) is 0 Å². The Morgan fingerprint density at radius 3 is 3.20 bits per heavy atom. The van der Waals surface area contributed by atoms with E-state index >= 15 is 0 Å². The Kier molecular flexibility index (Phi) is 4.31. The van der Waals surface area contributed by atoms with Gasteiger partial charge in [0, 0.05) is 36.2 Å². The van der Waals surface area contributed by atoms with Gasteiger partial charge in [0.25, 0.3) is 0 Å². The van der Waals surface area contributed by atoms with Gasteiger partial charge in [-0.1, -0.05) is 0 Å². The second-order valence-corrected chi connectivity index (χ2v) is 5.83. The maximum atomic E-state index is 9.08. The van der Waals surface area contributed by atoms with E-state index in [1.165, 1.54) is 37.4 Å². The molecule has 0 aliphatic carbocycles. The number of hydrogen-bond donors (Lipinski definition) is 2. The van der Waals surface area contributed by atoms with E-state index in [0.717, 1.165) is 0 Å². The quantitative estimate of drug-likeness (QED) is 0.742. The van der Waals surface area contributed by atoms with E-state index < -0.39 is 0 Å². The number of thioether (sulfide) groups is 1. The van der Waals surface area contributed by atoms with Crippen LogP contribution in [0.4, 0.5) is 0 Å². The molecule has 0 spiro atoms. The van der Waals surface area contributed by atoms with Gasteiger partial charge in [-0.25, -0.2) is 0 Å². The zero-order valence-electron chi connectivity index (χ0n) is 9.48. The van der Waals surface area contributed by atoms with Crippen LogP contribution in [0, 0.1) is 0 Å². The van der Waals surface area contributed by atoms with Crippen molar-refractivity contribution in [1.29, 1.82) is 0 Å². The minimum absolute atomic E-state index is 0.238. The maximum absolute atomic E-state index is 9.08. The molecule has 2 aliphatic heterocycles. The normalized spacial score (nSPS) is 34.8. The molecule has 0 saturated carbocycles. The number of nitrogens with zero attached hydrogens (tertiary/aromatic N) is 1. The van der Waals surface area contributed by atoms with Gasteiger partial charge in [0.1, 0.15) is 0 Å². The molecule has 15 heavy (non-hydrogen) atoms. The van der Waals surface area contributed by atoms with E-state index in [9.17, 15) is 0 Å². The molecule has 0 aromatic heterocycles. The molecule has 0 radical (unpaired) electrons. The number of nitrogens with one attached hydrogen (secondary N) is 1. The smallest absolute Gasteiger partial charge is 0.0582 e. The number of rotatable bonds is 3. The van der Waals surface area contributed by atoms with Crippen LogP contribution in [-0.2, 0) is 0 Å². The third kappa shape index (κ3) is 2.87. The second-order valence-electron chi connectivity index (χ2n) is 4.68. The Morgan fingerprint density at radius 1 is 1.53 bits per heavy atom. The van der Waals surface area contributed by atoms with Crippen LogP contribution in [0.3, 0.4) is 0 Å². The summed E-state index contributed by atoms with van der Waals surface area (Å²) in [4.78, 5) is 2.63. The van der Waals surface area contributed by atoms with Gasteiger partial charge >= 0.3 is 0 Å². The van der Waals surface area contributed by atoms with E-state index in [1.807, 2.05) is 0 Å². The molecule has 2 heterocycles. The molecule has 2 saturated heterocycles. The summed E-state index contributed by atoms with van der Waals surface area (Å²) in [5.74, 6) is 2.55. The molecule has 0 aromatic rings. The molecule has 3 unspecified atom stereocenters. The molecule has 2 N–H and O–H groups in total. The summed E-state index contributed by atoms with van der Waals surface area (Å²) in [6.45, 7) is 4.84. The summed E-state index contributed by atoms with van der Waals surface area (Å²) in [6, 6.07) is 1.53. The van der Waals surface area contributed by atoms with Crippen molar-refractivity contribution < 1.29 is 5.11 Å². The molecule has 0 amide bonds. The first-order chi connectivity index (χ1) is 7.31. The highest BCUT2D eigenvalue weighted by Gasteiger charge is 2.33. The molecule has 0 bridgehead atoms. The summed E-state index contributed by atoms with van der Waals surface area (Å²) >= 11 is 2.07. The number of aliphatic hydroxyl groups is 1. The van der Waals surface area contributed by atoms with Crippen LogP contribution in [0.25, 0.3) is 0 Å². The average molecular weight is 230 g/mol. The molecular formula is C11H22N2OS. The fourth-order valence-electron chi connectivity index (χ4n) is 2.62. The minimum atomic E-state index is 0.238. The lowest BCUT2D eigenvalue weighted by Crippen LogP contribution is -2.59. The summed E-state index contributed by atoms with van der Waals surface area (Å²) in [6.07, 6.45) is 2.57. The SMILES string of the molecule is CC(CO)NC1CCCN2CCSCC12. The number of piperidine rings is 1. The molecule has 4 heteroatoms. The van der Waals surface area contributed by atoms with Crippen molar-refractivity contribution in [3.05, 3.63) is 0 Å². The van der Waals surface area contributed by atoms with Crippen LogP contribution >= 0.6 is 11.8 Å². The van der Waals surface area contributed by atoms with Gasteiger partial charge in [0.15, 0.2) is 0 Å². The zero-order chi connectivity index (χ0) is 10.7. The summed E-state index contributed by atoms with van der Waals surface area (Å²) in [5, 5.41) is 12.6. The van der Waals surface area contributed by atoms with Gasteiger partial charge in [0.05, 0.1) is 6.61 Å². The Bertz CT molecular complexity index is 201. The largest absolute Gasteiger partial charge is 0.395 e. The van der Waals surface area contributed by atoms with Crippen LogP contribution in [0.1, 0.15) is 19.8 Å². The number of hydrogen-bond acceptors (Lipinski definition) is 4. The Labute approximate surface area is 96.6 Å². The third-order valence-electron chi connectivity index (χ3n) is 3.48. The molecule has 3 atom stereocenters. The molecule has 2 rings (SSSR count). The first-order valence-corrected chi connectivity index (χ1v) is 7.15. The molecular weight excluding hydrogens is 208 g/mol. The van der Waals surface area contributed by atoms with Crippen molar-refractivity contribution in [2.75, 3.05) is 31.2 Å². The average Bonchev–Trinajstić information content (AvgIpc) is 2.29. The predicted octanol–water partition coefficient (Wildman–Crippen LogP) is 0.537. The summed E-state index contributed by atoms with van der Waals surface area (Å²) in [5.41, 5.74) is 0. The standard InChI is InChI=1S/C11H22N2OS/c1-9(7-14)12-10-3-2-4-13-5-6-15-8-11(10)13/h9-12,14H,2-8H2,1H3. The molecule has 0 aromatic carbocycles. The Hall–Kier alpha value is 0.230. The lowest BCUT2D eigenvalue weighted by Gasteiger charge is -2.45. The Balaban J connectivity index is 1.91. The van der Waals surface area contributed by atoms with E-state index in [4.69, 9.17) is 5.11 Å².